The minimum atomic E-state index is -0.404. The molecule has 192 valence electrons. The van der Waals surface area contributed by atoms with Crippen molar-refractivity contribution in [1.29, 1.82) is 0 Å². The third kappa shape index (κ3) is 4.92. The highest BCUT2D eigenvalue weighted by molar-refractivity contribution is 5.92. The van der Waals surface area contributed by atoms with Crippen molar-refractivity contribution in [2.45, 2.75) is 13.5 Å². The molecule has 0 bridgehead atoms. The third-order valence-corrected chi connectivity index (χ3v) is 6.83. The van der Waals surface area contributed by atoms with Gasteiger partial charge in [-0.15, -0.1) is 0 Å². The van der Waals surface area contributed by atoms with Gasteiger partial charge in [0, 0.05) is 46.0 Å². The monoisotopic (exact) mass is 501 g/mol. The molecule has 0 spiro atoms. The highest BCUT2D eigenvalue weighted by Gasteiger charge is 2.26. The summed E-state index contributed by atoms with van der Waals surface area (Å²) in [5.74, 6) is 0.605. The van der Waals surface area contributed by atoms with Gasteiger partial charge in [-0.1, -0.05) is 48.0 Å². The van der Waals surface area contributed by atoms with E-state index < -0.39 is 5.69 Å². The van der Waals surface area contributed by atoms with Crippen LogP contribution in [0.3, 0.4) is 0 Å². The summed E-state index contributed by atoms with van der Waals surface area (Å²) in [6.07, 6.45) is 0. The number of hydrogen-bond donors (Lipinski definition) is 1. The first kappa shape index (κ1) is 24.5. The molecule has 1 amide bonds. The van der Waals surface area contributed by atoms with Crippen molar-refractivity contribution in [2.24, 2.45) is 14.1 Å². The van der Waals surface area contributed by atoms with Crippen LogP contribution in [-0.2, 0) is 25.4 Å². The van der Waals surface area contributed by atoms with Gasteiger partial charge in [0.05, 0.1) is 13.1 Å². The number of hydrogen-bond acceptors (Lipinski definition) is 6. The van der Waals surface area contributed by atoms with E-state index in [1.54, 1.807) is 7.05 Å². The molecule has 2 aromatic carbocycles. The number of amides is 1. The molecule has 1 aliphatic heterocycles. The normalized spacial score (nSPS) is 14.3. The number of imidazole rings is 1. The molecule has 1 N–H and O–H groups in total. The lowest BCUT2D eigenvalue weighted by atomic mass is 10.1. The van der Waals surface area contributed by atoms with Crippen molar-refractivity contribution in [3.8, 4) is 0 Å². The van der Waals surface area contributed by atoms with Crippen molar-refractivity contribution < 1.29 is 4.79 Å². The number of aryl methyl sites for hydroxylation is 2. The van der Waals surface area contributed by atoms with Crippen molar-refractivity contribution in [1.82, 2.24) is 23.6 Å². The fourth-order valence-electron chi connectivity index (χ4n) is 4.85. The van der Waals surface area contributed by atoms with E-state index in [1.807, 2.05) is 60.0 Å². The van der Waals surface area contributed by atoms with Gasteiger partial charge in [0.2, 0.25) is 11.9 Å². The lowest BCUT2D eigenvalue weighted by Gasteiger charge is -2.35. The average molecular weight is 502 g/mol. The zero-order valence-electron chi connectivity index (χ0n) is 21.3. The molecular formula is C27H31N7O3. The molecule has 10 heteroatoms. The van der Waals surface area contributed by atoms with E-state index in [0.29, 0.717) is 56.4 Å². The van der Waals surface area contributed by atoms with Crippen LogP contribution < -0.4 is 21.5 Å². The predicted octanol–water partition coefficient (Wildman–Crippen LogP) is 1.55. The Labute approximate surface area is 214 Å². The number of aromatic nitrogens is 4. The Kier molecular flexibility index (Phi) is 6.66. The van der Waals surface area contributed by atoms with Crippen LogP contribution in [0.4, 0.5) is 11.6 Å². The van der Waals surface area contributed by atoms with E-state index in [0.717, 1.165) is 21.4 Å². The van der Waals surface area contributed by atoms with Crippen molar-refractivity contribution in [3.05, 3.63) is 86.6 Å². The van der Waals surface area contributed by atoms with E-state index in [9.17, 15) is 14.4 Å². The lowest BCUT2D eigenvalue weighted by molar-refractivity contribution is -0.117. The summed E-state index contributed by atoms with van der Waals surface area (Å²) in [4.78, 5) is 47.4. The van der Waals surface area contributed by atoms with Crippen LogP contribution in [-0.4, -0.2) is 62.2 Å². The average Bonchev–Trinajstić information content (AvgIpc) is 3.26. The molecule has 2 aromatic heterocycles. The first-order valence-corrected chi connectivity index (χ1v) is 12.4. The molecule has 1 aliphatic rings. The van der Waals surface area contributed by atoms with Gasteiger partial charge < -0.3 is 10.2 Å². The fourth-order valence-corrected chi connectivity index (χ4v) is 4.85. The molecule has 0 unspecified atom stereocenters. The second-order valence-electron chi connectivity index (χ2n) is 9.54. The molecule has 0 aliphatic carbocycles. The Balaban J connectivity index is 1.41. The number of nitrogens with zero attached hydrogens (tertiary/aromatic N) is 6. The third-order valence-electron chi connectivity index (χ3n) is 6.83. The van der Waals surface area contributed by atoms with E-state index >= 15 is 0 Å². The zero-order valence-corrected chi connectivity index (χ0v) is 21.3. The van der Waals surface area contributed by atoms with Crippen LogP contribution >= 0.6 is 0 Å². The van der Waals surface area contributed by atoms with Gasteiger partial charge in [-0.25, -0.2) is 4.79 Å². The van der Waals surface area contributed by atoms with Gasteiger partial charge in [-0.05, 0) is 24.6 Å². The lowest BCUT2D eigenvalue weighted by Crippen LogP contribution is -2.49. The maximum Gasteiger partial charge on any atom is 0.332 e. The Bertz CT molecular complexity index is 1560. The van der Waals surface area contributed by atoms with E-state index in [1.165, 1.54) is 11.6 Å². The van der Waals surface area contributed by atoms with Crippen LogP contribution in [0.2, 0.25) is 0 Å². The molecule has 5 rings (SSSR count). The van der Waals surface area contributed by atoms with Gasteiger partial charge in [-0.3, -0.25) is 28.2 Å². The molecule has 37 heavy (non-hydrogen) atoms. The van der Waals surface area contributed by atoms with Crippen LogP contribution in [0.25, 0.3) is 11.2 Å². The van der Waals surface area contributed by atoms with Gasteiger partial charge in [-0.2, -0.15) is 4.98 Å². The number of benzene rings is 2. The SMILES string of the molecule is Cc1cccc(Cn2c(N3CCN(CC(=O)Nc4ccccc4)CC3)nc3c2c(=O)n(C)c(=O)n3C)c1. The molecule has 0 atom stereocenters. The number of anilines is 2. The molecule has 10 nitrogen and oxygen atoms in total. The standard InChI is InChI=1S/C27H31N7O3/c1-19-8-7-9-20(16-19)17-34-23-24(30(2)27(37)31(3)25(23)36)29-26(34)33-14-12-32(13-15-33)18-22(35)28-21-10-5-4-6-11-21/h4-11,16H,12-15,17-18H2,1-3H3,(H,28,35). The smallest absolute Gasteiger partial charge is 0.332 e. The van der Waals surface area contributed by atoms with Gasteiger partial charge in [0.15, 0.2) is 11.2 Å². The van der Waals surface area contributed by atoms with Crippen molar-refractivity contribution in [3.63, 3.8) is 0 Å². The Morgan fingerprint density at radius 1 is 0.946 bits per heavy atom. The number of nitrogens with one attached hydrogen (secondary N) is 1. The molecule has 0 saturated carbocycles. The van der Waals surface area contributed by atoms with Crippen molar-refractivity contribution >= 4 is 28.7 Å². The van der Waals surface area contributed by atoms with E-state index in [4.69, 9.17) is 4.98 Å². The molecule has 3 heterocycles. The summed E-state index contributed by atoms with van der Waals surface area (Å²) >= 11 is 0. The second-order valence-corrected chi connectivity index (χ2v) is 9.54. The minimum absolute atomic E-state index is 0.0511. The number of piperazine rings is 1. The van der Waals surface area contributed by atoms with E-state index in [-0.39, 0.29) is 11.5 Å². The Morgan fingerprint density at radius 2 is 1.68 bits per heavy atom. The summed E-state index contributed by atoms with van der Waals surface area (Å²) < 4.78 is 4.48. The first-order valence-electron chi connectivity index (χ1n) is 12.4. The van der Waals surface area contributed by atoms with Crippen molar-refractivity contribution in [2.75, 3.05) is 42.9 Å². The van der Waals surface area contributed by atoms with Crippen LogP contribution in [0.1, 0.15) is 11.1 Å². The highest BCUT2D eigenvalue weighted by Crippen LogP contribution is 2.23. The fraction of sp³-hybridized carbons (Fsp3) is 0.333. The number of fused-ring (bicyclic) bond motifs is 1. The molecular weight excluding hydrogens is 470 g/mol. The second kappa shape index (κ2) is 10.1. The molecule has 1 saturated heterocycles. The molecule has 4 aromatic rings. The summed E-state index contributed by atoms with van der Waals surface area (Å²) in [6, 6.07) is 17.6. The summed E-state index contributed by atoms with van der Waals surface area (Å²) in [6.45, 7) is 5.43. The highest BCUT2D eigenvalue weighted by atomic mass is 16.2. The van der Waals surface area contributed by atoms with Gasteiger partial charge in [0.25, 0.3) is 5.56 Å². The predicted molar refractivity (Wildman–Crippen MR) is 144 cm³/mol. The van der Waals surface area contributed by atoms with Gasteiger partial charge in [0.1, 0.15) is 0 Å². The number of carbonyl (C=O) groups is 1. The number of rotatable bonds is 6. The quantitative estimate of drug-likeness (QED) is 0.431. The summed E-state index contributed by atoms with van der Waals surface area (Å²) in [5.41, 5.74) is 2.98. The number of carbonyl (C=O) groups excluding carboxylic acids is 1. The minimum Gasteiger partial charge on any atom is -0.340 e. The van der Waals surface area contributed by atoms with Crippen LogP contribution in [0, 0.1) is 6.92 Å². The largest absolute Gasteiger partial charge is 0.340 e. The first-order chi connectivity index (χ1) is 17.8. The van der Waals surface area contributed by atoms with Crippen LogP contribution in [0.5, 0.6) is 0 Å². The van der Waals surface area contributed by atoms with E-state index in [2.05, 4.69) is 21.2 Å². The maximum atomic E-state index is 13.2. The zero-order chi connectivity index (χ0) is 26.1. The summed E-state index contributed by atoms with van der Waals surface area (Å²) in [5, 5.41) is 2.93. The number of para-hydroxylation sites is 1. The summed E-state index contributed by atoms with van der Waals surface area (Å²) in [7, 11) is 3.13. The molecule has 0 radical (unpaired) electrons. The van der Waals surface area contributed by atoms with Gasteiger partial charge >= 0.3 is 5.69 Å². The maximum absolute atomic E-state index is 13.2. The topological polar surface area (TPSA) is 97.4 Å². The Hall–Kier alpha value is -4.18. The van der Waals surface area contributed by atoms with Crippen LogP contribution in [0.15, 0.2) is 64.2 Å². The molecule has 1 fully saturated rings. The Morgan fingerprint density at radius 3 is 2.38 bits per heavy atom.